The first-order valence-electron chi connectivity index (χ1n) is 9.98. The van der Waals surface area contributed by atoms with E-state index in [1.807, 2.05) is 32.9 Å². The molecule has 3 heterocycles. The van der Waals surface area contributed by atoms with E-state index in [0.29, 0.717) is 32.7 Å². The molecule has 2 aliphatic heterocycles. The van der Waals surface area contributed by atoms with E-state index in [9.17, 15) is 9.59 Å². The van der Waals surface area contributed by atoms with Crippen molar-refractivity contribution in [2.45, 2.75) is 51.3 Å². The summed E-state index contributed by atoms with van der Waals surface area (Å²) >= 11 is 0. The molecule has 2 amide bonds. The number of likely N-dealkylation sites (tertiary alicyclic amines) is 1. The summed E-state index contributed by atoms with van der Waals surface area (Å²) in [6.45, 7) is 9.35. The third-order valence-corrected chi connectivity index (χ3v) is 5.01. The fourth-order valence-corrected chi connectivity index (χ4v) is 3.67. The largest absolute Gasteiger partial charge is 0.468 e. The molecule has 1 N–H and O–H groups in total. The van der Waals surface area contributed by atoms with Crippen molar-refractivity contribution in [1.82, 2.24) is 15.1 Å². The first kappa shape index (κ1) is 20.7. The van der Waals surface area contributed by atoms with Gasteiger partial charge in [-0.2, -0.15) is 0 Å². The molecule has 8 heteroatoms. The third-order valence-electron chi connectivity index (χ3n) is 5.01. The second kappa shape index (κ2) is 8.96. The van der Waals surface area contributed by atoms with E-state index in [2.05, 4.69) is 10.2 Å². The van der Waals surface area contributed by atoms with E-state index in [1.54, 1.807) is 6.26 Å². The summed E-state index contributed by atoms with van der Waals surface area (Å²) < 4.78 is 16.5. The minimum absolute atomic E-state index is 0.0563. The molecular weight excluding hydrogens is 362 g/mol. The fraction of sp³-hybridized carbons (Fsp3) is 0.700. The first-order chi connectivity index (χ1) is 13.3. The van der Waals surface area contributed by atoms with Crippen LogP contribution in [-0.2, 0) is 14.3 Å². The number of morpholine rings is 1. The summed E-state index contributed by atoms with van der Waals surface area (Å²) in [6.07, 6.45) is 2.66. The quantitative estimate of drug-likeness (QED) is 0.825. The zero-order valence-electron chi connectivity index (χ0n) is 17.0. The van der Waals surface area contributed by atoms with E-state index in [4.69, 9.17) is 13.9 Å². The van der Waals surface area contributed by atoms with Crippen molar-refractivity contribution in [3.8, 4) is 0 Å². The Kier molecular flexibility index (Phi) is 6.61. The summed E-state index contributed by atoms with van der Waals surface area (Å²) in [4.78, 5) is 29.1. The van der Waals surface area contributed by atoms with Crippen molar-refractivity contribution in [2.24, 2.45) is 0 Å². The molecule has 3 rings (SSSR count). The second-order valence-electron chi connectivity index (χ2n) is 8.26. The topological polar surface area (TPSA) is 84.2 Å². The molecule has 2 aliphatic rings. The Bertz CT molecular complexity index is 649. The fourth-order valence-electron chi connectivity index (χ4n) is 3.67. The minimum Gasteiger partial charge on any atom is -0.468 e. The van der Waals surface area contributed by atoms with Crippen LogP contribution in [0.15, 0.2) is 22.8 Å². The highest BCUT2D eigenvalue weighted by Crippen LogP contribution is 2.24. The van der Waals surface area contributed by atoms with Gasteiger partial charge in [0.2, 0.25) is 5.91 Å². The number of carbonyl (C=O) groups is 2. The van der Waals surface area contributed by atoms with Gasteiger partial charge in [-0.05, 0) is 45.7 Å². The Morgan fingerprint density at radius 1 is 1.29 bits per heavy atom. The maximum atomic E-state index is 12.8. The standard InChI is InChI=1S/C20H31N3O5/c1-20(2,3)28-19(25)23-8-4-6-15(23)18(24)21-14-16(17-7-5-11-27-17)22-9-12-26-13-10-22/h5,7,11,15-16H,4,6,8-10,12-14H2,1-3H3,(H,21,24). The highest BCUT2D eigenvalue weighted by atomic mass is 16.6. The molecule has 156 valence electrons. The predicted octanol–water partition coefficient (Wildman–Crippen LogP) is 2.17. The normalized spacial score (nSPS) is 22.1. The average molecular weight is 393 g/mol. The number of nitrogens with one attached hydrogen (secondary N) is 1. The average Bonchev–Trinajstić information content (AvgIpc) is 3.33. The van der Waals surface area contributed by atoms with E-state index in [0.717, 1.165) is 25.3 Å². The Hall–Kier alpha value is -2.06. The Morgan fingerprint density at radius 3 is 2.68 bits per heavy atom. The number of hydrogen-bond donors (Lipinski definition) is 1. The molecule has 1 aromatic rings. The van der Waals surface area contributed by atoms with Crippen LogP contribution in [0, 0.1) is 0 Å². The Morgan fingerprint density at radius 2 is 2.04 bits per heavy atom. The number of furan rings is 1. The summed E-state index contributed by atoms with van der Waals surface area (Å²) in [7, 11) is 0. The van der Waals surface area contributed by atoms with Crippen molar-refractivity contribution < 1.29 is 23.5 Å². The Labute approximate surface area is 166 Å². The van der Waals surface area contributed by atoms with Crippen LogP contribution < -0.4 is 5.32 Å². The lowest BCUT2D eigenvalue weighted by Gasteiger charge is -2.34. The van der Waals surface area contributed by atoms with Gasteiger partial charge < -0.3 is 19.2 Å². The molecule has 8 nitrogen and oxygen atoms in total. The molecule has 1 aromatic heterocycles. The van der Waals surface area contributed by atoms with Gasteiger partial charge in [0, 0.05) is 26.2 Å². The first-order valence-corrected chi connectivity index (χ1v) is 9.98. The zero-order valence-corrected chi connectivity index (χ0v) is 17.0. The van der Waals surface area contributed by atoms with Crippen LogP contribution in [0.25, 0.3) is 0 Å². The summed E-state index contributed by atoms with van der Waals surface area (Å²) in [5, 5.41) is 3.03. The van der Waals surface area contributed by atoms with Crippen LogP contribution in [0.5, 0.6) is 0 Å². The van der Waals surface area contributed by atoms with Crippen LogP contribution in [0.2, 0.25) is 0 Å². The monoisotopic (exact) mass is 393 g/mol. The lowest BCUT2D eigenvalue weighted by atomic mass is 10.1. The highest BCUT2D eigenvalue weighted by Gasteiger charge is 2.37. The molecule has 2 saturated heterocycles. The van der Waals surface area contributed by atoms with Gasteiger partial charge in [-0.15, -0.1) is 0 Å². The van der Waals surface area contributed by atoms with E-state index < -0.39 is 17.7 Å². The lowest BCUT2D eigenvalue weighted by molar-refractivity contribution is -0.125. The predicted molar refractivity (Wildman–Crippen MR) is 103 cm³/mol. The Balaban J connectivity index is 1.61. The van der Waals surface area contributed by atoms with Crippen LogP contribution >= 0.6 is 0 Å². The molecule has 2 atom stereocenters. The number of rotatable bonds is 5. The molecule has 28 heavy (non-hydrogen) atoms. The van der Waals surface area contributed by atoms with E-state index in [1.165, 1.54) is 4.90 Å². The van der Waals surface area contributed by atoms with Gasteiger partial charge in [0.1, 0.15) is 17.4 Å². The molecule has 2 fully saturated rings. The van der Waals surface area contributed by atoms with Gasteiger partial charge in [-0.25, -0.2) is 4.79 Å². The number of carbonyl (C=O) groups excluding carboxylic acids is 2. The SMILES string of the molecule is CC(C)(C)OC(=O)N1CCCC1C(=O)NCC(c1ccco1)N1CCOCC1. The molecule has 0 aliphatic carbocycles. The summed E-state index contributed by atoms with van der Waals surface area (Å²) in [6, 6.07) is 3.23. The van der Waals surface area contributed by atoms with E-state index >= 15 is 0 Å². The van der Waals surface area contributed by atoms with Gasteiger partial charge in [-0.1, -0.05) is 0 Å². The zero-order chi connectivity index (χ0) is 20.1. The molecule has 0 radical (unpaired) electrons. The van der Waals surface area contributed by atoms with Crippen molar-refractivity contribution in [1.29, 1.82) is 0 Å². The molecule has 0 spiro atoms. The molecule has 2 unspecified atom stereocenters. The van der Waals surface area contributed by atoms with Gasteiger partial charge in [0.05, 0.1) is 25.5 Å². The van der Waals surface area contributed by atoms with Crippen LogP contribution in [0.1, 0.15) is 45.4 Å². The van der Waals surface area contributed by atoms with Crippen LogP contribution in [0.4, 0.5) is 4.79 Å². The molecule has 0 bridgehead atoms. The van der Waals surface area contributed by atoms with Crippen molar-refractivity contribution in [3.63, 3.8) is 0 Å². The van der Waals surface area contributed by atoms with Crippen LogP contribution in [-0.4, -0.2) is 72.8 Å². The van der Waals surface area contributed by atoms with Gasteiger partial charge in [0.25, 0.3) is 0 Å². The van der Waals surface area contributed by atoms with Gasteiger partial charge >= 0.3 is 6.09 Å². The molecule has 0 aromatic carbocycles. The maximum absolute atomic E-state index is 12.8. The third kappa shape index (κ3) is 5.26. The number of amides is 2. The number of ether oxygens (including phenoxy) is 2. The molecule has 0 saturated carbocycles. The summed E-state index contributed by atoms with van der Waals surface area (Å²) in [5.74, 6) is 0.672. The van der Waals surface area contributed by atoms with Crippen molar-refractivity contribution >= 4 is 12.0 Å². The number of nitrogens with zero attached hydrogens (tertiary/aromatic N) is 2. The van der Waals surface area contributed by atoms with Crippen molar-refractivity contribution in [3.05, 3.63) is 24.2 Å². The molecular formula is C20H31N3O5. The lowest BCUT2D eigenvalue weighted by Crippen LogP contribution is -2.50. The maximum Gasteiger partial charge on any atom is 0.410 e. The van der Waals surface area contributed by atoms with Gasteiger partial charge in [0.15, 0.2) is 0 Å². The smallest absolute Gasteiger partial charge is 0.410 e. The number of hydrogen-bond acceptors (Lipinski definition) is 6. The van der Waals surface area contributed by atoms with Gasteiger partial charge in [-0.3, -0.25) is 14.6 Å². The summed E-state index contributed by atoms with van der Waals surface area (Å²) in [5.41, 5.74) is -0.582. The minimum atomic E-state index is -0.582. The highest BCUT2D eigenvalue weighted by molar-refractivity contribution is 5.86. The van der Waals surface area contributed by atoms with Crippen LogP contribution in [0.3, 0.4) is 0 Å². The van der Waals surface area contributed by atoms with Crippen molar-refractivity contribution in [2.75, 3.05) is 39.4 Å². The second-order valence-corrected chi connectivity index (χ2v) is 8.26. The van der Waals surface area contributed by atoms with E-state index in [-0.39, 0.29) is 11.9 Å².